The zero-order valence-electron chi connectivity index (χ0n) is 18.8. The fourth-order valence-electron chi connectivity index (χ4n) is 4.91. The fourth-order valence-corrected chi connectivity index (χ4v) is 4.91. The predicted octanol–water partition coefficient (Wildman–Crippen LogP) is 2.23. The van der Waals surface area contributed by atoms with Gasteiger partial charge in [0.15, 0.2) is 0 Å². The molecule has 0 unspecified atom stereocenters. The normalized spacial score (nSPS) is 26.6. The number of anilines is 1. The van der Waals surface area contributed by atoms with Crippen molar-refractivity contribution in [1.82, 2.24) is 4.90 Å². The summed E-state index contributed by atoms with van der Waals surface area (Å²) in [5, 5.41) is 12.4. The van der Waals surface area contributed by atoms with Gasteiger partial charge in [-0.2, -0.15) is 0 Å². The summed E-state index contributed by atoms with van der Waals surface area (Å²) in [6.07, 6.45) is 5.46. The van der Waals surface area contributed by atoms with Gasteiger partial charge >= 0.3 is 5.97 Å². The van der Waals surface area contributed by atoms with Gasteiger partial charge in [-0.05, 0) is 43.5 Å². The molecule has 8 heteroatoms. The van der Waals surface area contributed by atoms with Crippen LogP contribution >= 0.6 is 0 Å². The van der Waals surface area contributed by atoms with E-state index >= 15 is 0 Å². The summed E-state index contributed by atoms with van der Waals surface area (Å²) >= 11 is 0. The van der Waals surface area contributed by atoms with E-state index in [0.717, 1.165) is 12.8 Å². The van der Waals surface area contributed by atoms with Gasteiger partial charge in [0.25, 0.3) is 0 Å². The Morgan fingerprint density at radius 1 is 1.16 bits per heavy atom. The van der Waals surface area contributed by atoms with Crippen LogP contribution in [0.25, 0.3) is 0 Å². The van der Waals surface area contributed by atoms with Crippen molar-refractivity contribution in [2.75, 3.05) is 32.2 Å². The van der Waals surface area contributed by atoms with E-state index in [4.69, 9.17) is 9.47 Å². The molecule has 1 aromatic carbocycles. The van der Waals surface area contributed by atoms with Crippen LogP contribution in [0.5, 0.6) is 5.75 Å². The molecular formula is C24H32N2O6. The number of ether oxygens (including phenoxy) is 2. The van der Waals surface area contributed by atoms with Crippen molar-refractivity contribution in [3.05, 3.63) is 36.4 Å². The first-order valence-electron chi connectivity index (χ1n) is 11.2. The van der Waals surface area contributed by atoms with Crippen LogP contribution in [0.3, 0.4) is 0 Å². The summed E-state index contributed by atoms with van der Waals surface area (Å²) in [6.45, 7) is 3.74. The smallest absolute Gasteiger partial charge is 0.310 e. The van der Waals surface area contributed by atoms with Gasteiger partial charge in [0.1, 0.15) is 11.8 Å². The number of hydrogen-bond donors (Lipinski definition) is 2. The molecule has 5 atom stereocenters. The van der Waals surface area contributed by atoms with Crippen LogP contribution in [-0.4, -0.2) is 60.7 Å². The van der Waals surface area contributed by atoms with E-state index in [1.165, 1.54) is 4.90 Å². The molecule has 1 heterocycles. The van der Waals surface area contributed by atoms with E-state index in [1.807, 2.05) is 19.1 Å². The van der Waals surface area contributed by atoms with E-state index < -0.39 is 29.8 Å². The molecule has 0 radical (unpaired) electrons. The van der Waals surface area contributed by atoms with Crippen LogP contribution in [0.4, 0.5) is 5.69 Å². The van der Waals surface area contributed by atoms with Crippen molar-refractivity contribution in [2.45, 2.75) is 32.7 Å². The maximum absolute atomic E-state index is 13.4. The van der Waals surface area contributed by atoms with Gasteiger partial charge in [-0.1, -0.05) is 25.5 Å². The van der Waals surface area contributed by atoms with Crippen molar-refractivity contribution >= 4 is 23.5 Å². The Labute approximate surface area is 188 Å². The second-order valence-corrected chi connectivity index (χ2v) is 8.14. The van der Waals surface area contributed by atoms with Gasteiger partial charge in [0, 0.05) is 18.2 Å². The van der Waals surface area contributed by atoms with Crippen LogP contribution in [0.1, 0.15) is 26.7 Å². The molecule has 0 saturated carbocycles. The average molecular weight is 445 g/mol. The molecule has 3 rings (SSSR count). The van der Waals surface area contributed by atoms with Gasteiger partial charge in [-0.15, -0.1) is 0 Å². The lowest BCUT2D eigenvalue weighted by atomic mass is 9.69. The highest BCUT2D eigenvalue weighted by Gasteiger charge is 2.57. The Bertz CT molecular complexity index is 853. The number of fused-ring (bicyclic) bond motifs is 1. The zero-order valence-corrected chi connectivity index (χ0v) is 18.8. The summed E-state index contributed by atoms with van der Waals surface area (Å²) in [5.74, 6) is -2.31. The molecule has 32 heavy (non-hydrogen) atoms. The number of β-amino-alcohol motifs (C(OH)–C–C–N with tert-alkyl or cyclic N) is 1. The number of carbonyl (C=O) groups excluding carboxylic acids is 3. The highest BCUT2D eigenvalue weighted by atomic mass is 16.5. The third-order valence-electron chi connectivity index (χ3n) is 6.26. The number of amides is 2. The SMILES string of the molecule is CCC[C@@H]1C=C[C@H]2[C@H](C(=O)N(CCO)[C@@H]2C(=O)Nc2ccc(OC)cc2)[C@@H]1C(=O)OCC. The van der Waals surface area contributed by atoms with Gasteiger partial charge < -0.3 is 24.8 Å². The Morgan fingerprint density at radius 2 is 1.88 bits per heavy atom. The van der Waals surface area contributed by atoms with Gasteiger partial charge in [-0.3, -0.25) is 14.4 Å². The van der Waals surface area contributed by atoms with Crippen molar-refractivity contribution < 1.29 is 29.0 Å². The highest BCUT2D eigenvalue weighted by Crippen LogP contribution is 2.45. The first kappa shape index (κ1) is 23.8. The van der Waals surface area contributed by atoms with Gasteiger partial charge in [0.05, 0.1) is 32.2 Å². The quantitative estimate of drug-likeness (QED) is 0.447. The molecule has 1 aliphatic carbocycles. The molecule has 1 saturated heterocycles. The Kier molecular flexibility index (Phi) is 7.90. The summed E-state index contributed by atoms with van der Waals surface area (Å²) in [4.78, 5) is 41.0. The maximum atomic E-state index is 13.4. The molecule has 1 aliphatic heterocycles. The predicted molar refractivity (Wildman–Crippen MR) is 119 cm³/mol. The molecular weight excluding hydrogens is 412 g/mol. The average Bonchev–Trinajstić information content (AvgIpc) is 3.06. The Balaban J connectivity index is 1.92. The van der Waals surface area contributed by atoms with E-state index in [-0.39, 0.29) is 37.5 Å². The minimum Gasteiger partial charge on any atom is -0.497 e. The number of allylic oxidation sites excluding steroid dienone is 1. The molecule has 1 aromatic rings. The molecule has 2 aliphatic rings. The molecule has 174 valence electrons. The molecule has 2 N–H and O–H groups in total. The number of hydrogen-bond acceptors (Lipinski definition) is 6. The number of rotatable bonds is 9. The van der Waals surface area contributed by atoms with Gasteiger partial charge in [0.2, 0.25) is 11.8 Å². The number of nitrogens with one attached hydrogen (secondary N) is 1. The zero-order chi connectivity index (χ0) is 23.3. The number of aliphatic hydroxyl groups excluding tert-OH is 1. The van der Waals surface area contributed by atoms with Crippen LogP contribution in [0, 0.1) is 23.7 Å². The number of esters is 1. The fraction of sp³-hybridized carbons (Fsp3) is 0.542. The van der Waals surface area contributed by atoms with E-state index in [1.54, 1.807) is 38.3 Å². The third kappa shape index (κ3) is 4.65. The third-order valence-corrected chi connectivity index (χ3v) is 6.26. The summed E-state index contributed by atoms with van der Waals surface area (Å²) in [6, 6.07) is 6.08. The number of likely N-dealkylation sites (tertiary alicyclic amines) is 1. The van der Waals surface area contributed by atoms with Crippen LogP contribution < -0.4 is 10.1 Å². The summed E-state index contributed by atoms with van der Waals surface area (Å²) in [5.41, 5.74) is 0.571. The minimum absolute atomic E-state index is 0.0222. The standard InChI is InChI=1S/C24H32N2O6/c1-4-6-15-7-12-18-20(19(15)24(30)32-5-2)23(29)26(13-14-27)21(18)22(28)25-16-8-10-17(31-3)11-9-16/h7-12,15,18-21,27H,4-6,13-14H2,1-3H3,(H,25,28)/t15-,18+,19-,20+,21+/m1/s1. The van der Waals surface area contributed by atoms with Crippen LogP contribution in [0.15, 0.2) is 36.4 Å². The number of methoxy groups -OCH3 is 1. The maximum Gasteiger partial charge on any atom is 0.310 e. The number of benzene rings is 1. The molecule has 0 aromatic heterocycles. The van der Waals surface area contributed by atoms with Crippen LogP contribution in [-0.2, 0) is 19.1 Å². The summed E-state index contributed by atoms with van der Waals surface area (Å²) in [7, 11) is 1.56. The lowest BCUT2D eigenvalue weighted by Gasteiger charge is -2.33. The first-order chi connectivity index (χ1) is 15.5. The Morgan fingerprint density at radius 3 is 2.47 bits per heavy atom. The van der Waals surface area contributed by atoms with E-state index in [2.05, 4.69) is 5.32 Å². The molecule has 8 nitrogen and oxygen atoms in total. The summed E-state index contributed by atoms with van der Waals surface area (Å²) < 4.78 is 10.5. The first-order valence-corrected chi connectivity index (χ1v) is 11.2. The topological polar surface area (TPSA) is 105 Å². The Hall–Kier alpha value is -2.87. The lowest BCUT2D eigenvalue weighted by Crippen LogP contribution is -2.45. The number of nitrogens with zero attached hydrogens (tertiary/aromatic N) is 1. The number of carbonyl (C=O) groups is 3. The van der Waals surface area contributed by atoms with E-state index in [0.29, 0.717) is 11.4 Å². The van der Waals surface area contributed by atoms with E-state index in [9.17, 15) is 19.5 Å². The van der Waals surface area contributed by atoms with Gasteiger partial charge in [-0.25, -0.2) is 0 Å². The highest BCUT2D eigenvalue weighted by molar-refractivity contribution is 6.01. The molecule has 1 fully saturated rings. The second-order valence-electron chi connectivity index (χ2n) is 8.14. The van der Waals surface area contributed by atoms with Crippen molar-refractivity contribution in [3.8, 4) is 5.75 Å². The molecule has 2 amide bonds. The number of aliphatic hydroxyl groups is 1. The largest absolute Gasteiger partial charge is 0.497 e. The van der Waals surface area contributed by atoms with Crippen molar-refractivity contribution in [2.24, 2.45) is 23.7 Å². The second kappa shape index (κ2) is 10.6. The monoisotopic (exact) mass is 444 g/mol. The van der Waals surface area contributed by atoms with Crippen LogP contribution in [0.2, 0.25) is 0 Å². The molecule has 0 spiro atoms. The van der Waals surface area contributed by atoms with Crippen molar-refractivity contribution in [3.63, 3.8) is 0 Å². The lowest BCUT2D eigenvalue weighted by molar-refractivity contribution is -0.155. The van der Waals surface area contributed by atoms with Crippen molar-refractivity contribution in [1.29, 1.82) is 0 Å². The molecule has 0 bridgehead atoms. The minimum atomic E-state index is -0.822.